The lowest BCUT2D eigenvalue weighted by Gasteiger charge is -2.41. The Labute approximate surface area is 148 Å². The molecule has 0 amide bonds. The largest absolute Gasteiger partial charge is 0.478 e. The van der Waals surface area contributed by atoms with Gasteiger partial charge in [0.1, 0.15) is 5.56 Å². The van der Waals surface area contributed by atoms with Crippen LogP contribution >= 0.6 is 0 Å². The zero-order chi connectivity index (χ0) is 19.1. The van der Waals surface area contributed by atoms with Crippen molar-refractivity contribution in [3.63, 3.8) is 0 Å². The first-order valence-electron chi connectivity index (χ1n) is 8.76. The Kier molecular flexibility index (Phi) is 4.74. The van der Waals surface area contributed by atoms with Gasteiger partial charge in [-0.1, -0.05) is 6.42 Å². The molecule has 9 heteroatoms. The van der Waals surface area contributed by atoms with Crippen LogP contribution in [0.2, 0.25) is 0 Å². The van der Waals surface area contributed by atoms with Gasteiger partial charge in [-0.3, -0.25) is 9.48 Å². The summed E-state index contributed by atoms with van der Waals surface area (Å²) in [4.78, 5) is 23.6. The van der Waals surface area contributed by atoms with Gasteiger partial charge in [0, 0.05) is 0 Å². The molecule has 3 rings (SSSR count). The highest BCUT2D eigenvalue weighted by molar-refractivity contribution is 5.88. The van der Waals surface area contributed by atoms with E-state index in [-0.39, 0.29) is 18.5 Å². The van der Waals surface area contributed by atoms with Gasteiger partial charge in [-0.2, -0.15) is 18.3 Å². The van der Waals surface area contributed by atoms with Crippen LogP contribution in [0.3, 0.4) is 0 Å². The molecule has 2 fully saturated rings. The normalized spacial score (nSPS) is 28.6. The van der Waals surface area contributed by atoms with Crippen molar-refractivity contribution in [3.8, 4) is 0 Å². The molecule has 3 atom stereocenters. The maximum atomic E-state index is 13.4. The van der Waals surface area contributed by atoms with Gasteiger partial charge in [0.25, 0.3) is 0 Å². The monoisotopic (exact) mass is 374 g/mol. The first-order chi connectivity index (χ1) is 12.2. The van der Waals surface area contributed by atoms with Crippen molar-refractivity contribution < 1.29 is 32.6 Å². The fourth-order valence-electron chi connectivity index (χ4n) is 4.63. The van der Waals surface area contributed by atoms with Gasteiger partial charge in [0.15, 0.2) is 5.69 Å². The number of halogens is 3. The molecule has 0 aromatic carbocycles. The second-order valence-electron chi connectivity index (χ2n) is 7.05. The predicted molar refractivity (Wildman–Crippen MR) is 83.5 cm³/mol. The average Bonchev–Trinajstić information content (AvgIpc) is 3.18. The summed E-state index contributed by atoms with van der Waals surface area (Å²) < 4.78 is 46.3. The van der Waals surface area contributed by atoms with Crippen molar-refractivity contribution >= 4 is 11.9 Å². The van der Waals surface area contributed by atoms with Crippen molar-refractivity contribution in [1.29, 1.82) is 0 Å². The van der Waals surface area contributed by atoms with E-state index in [0.29, 0.717) is 25.7 Å². The summed E-state index contributed by atoms with van der Waals surface area (Å²) in [5.74, 6) is -1.98. The zero-order valence-corrected chi connectivity index (χ0v) is 14.4. The van der Waals surface area contributed by atoms with Crippen LogP contribution in [0.4, 0.5) is 13.2 Å². The molecule has 1 aromatic heterocycles. The minimum Gasteiger partial charge on any atom is -0.478 e. The molecule has 0 unspecified atom stereocenters. The van der Waals surface area contributed by atoms with Gasteiger partial charge in [-0.05, 0) is 44.9 Å². The number of alkyl halides is 3. The lowest BCUT2D eigenvalue weighted by atomic mass is 9.66. The van der Waals surface area contributed by atoms with E-state index in [2.05, 4.69) is 5.10 Å². The number of carbonyl (C=O) groups is 2. The molecule has 1 N–H and O–H groups in total. The number of carbonyl (C=O) groups excluding carboxylic acids is 1. The fraction of sp³-hybridized carbons (Fsp3) is 0.706. The Morgan fingerprint density at radius 1 is 1.38 bits per heavy atom. The number of rotatable bonds is 4. The van der Waals surface area contributed by atoms with Crippen LogP contribution in [0.1, 0.15) is 67.5 Å². The Hall–Kier alpha value is -2.06. The summed E-state index contributed by atoms with van der Waals surface area (Å²) in [5, 5.41) is 12.8. The molecule has 0 saturated heterocycles. The number of carboxylic acid groups (broad SMARTS) is 1. The van der Waals surface area contributed by atoms with Gasteiger partial charge < -0.3 is 9.84 Å². The SMILES string of the molecule is CCOC(=O)[C@@]12CCC[C@H]1C[C@H](n1ncc(C(=O)O)c1C(F)(F)F)CC2. The molecular formula is C17H21F3N2O4. The smallest absolute Gasteiger partial charge is 0.433 e. The number of carboxylic acids is 1. The molecule has 0 radical (unpaired) electrons. The summed E-state index contributed by atoms with van der Waals surface area (Å²) in [5.41, 5.74) is -2.68. The number of ether oxygens (including phenoxy) is 1. The molecule has 1 heterocycles. The van der Waals surface area contributed by atoms with Crippen molar-refractivity contribution in [1.82, 2.24) is 9.78 Å². The highest BCUT2D eigenvalue weighted by atomic mass is 19.4. The van der Waals surface area contributed by atoms with Crippen molar-refractivity contribution in [2.75, 3.05) is 6.61 Å². The molecule has 2 aliphatic rings. The minimum absolute atomic E-state index is 0.0705. The Morgan fingerprint density at radius 2 is 2.12 bits per heavy atom. The molecule has 144 valence electrons. The van der Waals surface area contributed by atoms with Crippen LogP contribution in [-0.4, -0.2) is 33.4 Å². The Morgan fingerprint density at radius 3 is 2.73 bits per heavy atom. The summed E-state index contributed by atoms with van der Waals surface area (Å²) in [6.45, 7) is 2.01. The highest BCUT2D eigenvalue weighted by Crippen LogP contribution is 2.55. The second kappa shape index (κ2) is 6.59. The van der Waals surface area contributed by atoms with Crippen LogP contribution in [0.15, 0.2) is 6.20 Å². The van der Waals surface area contributed by atoms with Gasteiger partial charge in [-0.25, -0.2) is 4.79 Å². The number of fused-ring (bicyclic) bond motifs is 1. The van der Waals surface area contributed by atoms with E-state index >= 15 is 0 Å². The number of aromatic nitrogens is 2. The number of nitrogens with zero attached hydrogens (tertiary/aromatic N) is 2. The summed E-state index contributed by atoms with van der Waals surface area (Å²) in [6, 6.07) is -0.578. The van der Waals surface area contributed by atoms with Gasteiger partial charge in [0.2, 0.25) is 0 Å². The van der Waals surface area contributed by atoms with E-state index in [4.69, 9.17) is 9.84 Å². The van der Waals surface area contributed by atoms with Gasteiger partial charge in [-0.15, -0.1) is 0 Å². The second-order valence-corrected chi connectivity index (χ2v) is 7.05. The highest BCUT2D eigenvalue weighted by Gasteiger charge is 2.54. The number of hydrogen-bond donors (Lipinski definition) is 1. The third kappa shape index (κ3) is 2.97. The third-order valence-corrected chi connectivity index (χ3v) is 5.76. The molecule has 6 nitrogen and oxygen atoms in total. The fourth-order valence-corrected chi connectivity index (χ4v) is 4.63. The van der Waals surface area contributed by atoms with Crippen LogP contribution in [0.25, 0.3) is 0 Å². The van der Waals surface area contributed by atoms with Crippen LogP contribution < -0.4 is 0 Å². The topological polar surface area (TPSA) is 81.4 Å². The number of hydrogen-bond acceptors (Lipinski definition) is 4. The standard InChI is InChI=1S/C17H21F3N2O4/c1-2-26-15(25)16-6-3-4-10(16)8-11(5-7-16)22-13(17(18,19)20)12(9-21-22)14(23)24/h9-11H,2-8H2,1H3,(H,23,24)/t10-,11+,16+/m0/s1. The quantitative estimate of drug-likeness (QED) is 0.813. The molecule has 0 spiro atoms. The minimum atomic E-state index is -4.81. The molecule has 2 aliphatic carbocycles. The van der Waals surface area contributed by atoms with Crippen LogP contribution in [0, 0.1) is 11.3 Å². The van der Waals surface area contributed by atoms with Crippen LogP contribution in [0.5, 0.6) is 0 Å². The average molecular weight is 374 g/mol. The maximum Gasteiger partial charge on any atom is 0.433 e. The van der Waals surface area contributed by atoms with Gasteiger partial charge in [0.05, 0.1) is 24.3 Å². The first kappa shape index (κ1) is 18.7. The maximum absolute atomic E-state index is 13.4. The number of esters is 1. The summed E-state index contributed by atoms with van der Waals surface area (Å²) in [6.07, 6.45) is -0.647. The predicted octanol–water partition coefficient (Wildman–Crippen LogP) is 3.67. The summed E-state index contributed by atoms with van der Waals surface area (Å²) in [7, 11) is 0. The van der Waals surface area contributed by atoms with Crippen molar-refractivity contribution in [2.24, 2.45) is 11.3 Å². The molecular weight excluding hydrogens is 353 g/mol. The molecule has 0 bridgehead atoms. The summed E-state index contributed by atoms with van der Waals surface area (Å²) >= 11 is 0. The van der Waals surface area contributed by atoms with Crippen molar-refractivity contribution in [3.05, 3.63) is 17.5 Å². The molecule has 26 heavy (non-hydrogen) atoms. The lowest BCUT2D eigenvalue weighted by Crippen LogP contribution is -2.42. The molecule has 1 aromatic rings. The van der Waals surface area contributed by atoms with E-state index in [9.17, 15) is 22.8 Å². The lowest BCUT2D eigenvalue weighted by molar-refractivity contribution is -0.162. The van der Waals surface area contributed by atoms with E-state index in [1.165, 1.54) is 0 Å². The Bertz CT molecular complexity index is 715. The van der Waals surface area contributed by atoms with Gasteiger partial charge >= 0.3 is 18.1 Å². The molecule has 2 saturated carbocycles. The first-order valence-corrected chi connectivity index (χ1v) is 8.76. The van der Waals surface area contributed by atoms with E-state index < -0.39 is 34.9 Å². The molecule has 0 aliphatic heterocycles. The van der Waals surface area contributed by atoms with E-state index in [1.807, 2.05) is 0 Å². The Balaban J connectivity index is 1.90. The third-order valence-electron chi connectivity index (χ3n) is 5.76. The van der Waals surface area contributed by atoms with Crippen LogP contribution in [-0.2, 0) is 15.7 Å². The zero-order valence-electron chi connectivity index (χ0n) is 14.4. The van der Waals surface area contributed by atoms with Crippen molar-refractivity contribution in [2.45, 2.75) is 57.7 Å². The number of aromatic carboxylic acids is 1. The van der Waals surface area contributed by atoms with E-state index in [0.717, 1.165) is 23.7 Å². The van der Waals surface area contributed by atoms with E-state index in [1.54, 1.807) is 6.92 Å².